The Morgan fingerprint density at radius 2 is 1.31 bits per heavy atom. The highest BCUT2D eigenvalue weighted by Gasteiger charge is 2.20. The Hall–Kier alpha value is -3.73. The maximum atomic E-state index is 13.8. The van der Waals surface area contributed by atoms with Crippen molar-refractivity contribution in [3.8, 4) is 17.2 Å². The van der Waals surface area contributed by atoms with E-state index in [4.69, 9.17) is 9.47 Å². The summed E-state index contributed by atoms with van der Waals surface area (Å²) >= 11 is 0. The highest BCUT2D eigenvalue weighted by molar-refractivity contribution is 5.89. The second-order valence-electron chi connectivity index (χ2n) is 9.13. The number of hydrogen-bond donors (Lipinski definition) is 1. The van der Waals surface area contributed by atoms with Crippen LogP contribution < -0.4 is 15.0 Å². The Balaban J connectivity index is 1.70. The van der Waals surface area contributed by atoms with Crippen LogP contribution in [-0.4, -0.2) is 9.67 Å². The van der Waals surface area contributed by atoms with Crippen LogP contribution in [0.3, 0.4) is 0 Å². The van der Waals surface area contributed by atoms with E-state index in [2.05, 4.69) is 6.92 Å². The summed E-state index contributed by atoms with van der Waals surface area (Å²) in [6, 6.07) is 24.7. The molecule has 1 aromatic heterocycles. The number of aromatic hydroxyl groups is 1. The van der Waals surface area contributed by atoms with Crippen molar-refractivity contribution < 1.29 is 14.6 Å². The third kappa shape index (κ3) is 6.48. The van der Waals surface area contributed by atoms with Crippen molar-refractivity contribution in [3.63, 3.8) is 0 Å². The van der Waals surface area contributed by atoms with Crippen molar-refractivity contribution in [2.24, 2.45) is 0 Å². The lowest BCUT2D eigenvalue weighted by Gasteiger charge is -2.19. The van der Waals surface area contributed by atoms with Gasteiger partial charge in [0.25, 0.3) is 5.56 Å². The fraction of sp³-hybridized carbons (Fsp3) is 0.323. The van der Waals surface area contributed by atoms with Crippen LogP contribution in [0.5, 0.6) is 17.2 Å². The smallest absolute Gasteiger partial charge is 0.297 e. The summed E-state index contributed by atoms with van der Waals surface area (Å²) in [5.74, 6) is 0.735. The van der Waals surface area contributed by atoms with E-state index in [0.29, 0.717) is 24.4 Å². The minimum atomic E-state index is -0.236. The van der Waals surface area contributed by atoms with Crippen molar-refractivity contribution in [2.75, 3.05) is 0 Å². The number of hydrogen-bond acceptors (Lipinski definition) is 4. The second kappa shape index (κ2) is 12.8. The van der Waals surface area contributed by atoms with Gasteiger partial charge in [0.1, 0.15) is 19.0 Å². The number of ether oxygens (including phenoxy) is 2. The van der Waals surface area contributed by atoms with Crippen LogP contribution in [0.4, 0.5) is 0 Å². The van der Waals surface area contributed by atoms with Gasteiger partial charge in [0.2, 0.25) is 5.75 Å². The summed E-state index contributed by atoms with van der Waals surface area (Å²) in [4.78, 5) is 13.8. The molecule has 0 aliphatic heterocycles. The highest BCUT2D eigenvalue weighted by atomic mass is 16.5. The predicted molar refractivity (Wildman–Crippen MR) is 145 cm³/mol. The van der Waals surface area contributed by atoms with E-state index in [1.807, 2.05) is 60.7 Å². The molecule has 0 saturated carbocycles. The molecule has 0 unspecified atom stereocenters. The summed E-state index contributed by atoms with van der Waals surface area (Å²) in [5, 5.41) is 11.0. The zero-order valence-corrected chi connectivity index (χ0v) is 21.0. The molecular weight excluding hydrogens is 450 g/mol. The van der Waals surface area contributed by atoms with E-state index in [0.717, 1.165) is 35.8 Å². The SMILES string of the molecule is CCCCCCCCn1c(=O)c(OCc2ccccc2)c(OCc2ccccc2)c2ccc(O)cc21. The Bertz CT molecular complexity index is 1300. The number of benzene rings is 3. The molecular formula is C31H35NO4. The third-order valence-electron chi connectivity index (χ3n) is 6.35. The molecule has 0 aliphatic rings. The molecule has 0 aliphatic carbocycles. The number of phenols is 1. The average Bonchev–Trinajstić information content (AvgIpc) is 2.91. The van der Waals surface area contributed by atoms with Crippen molar-refractivity contribution in [3.05, 3.63) is 100 Å². The molecule has 4 rings (SSSR count). The molecule has 0 spiro atoms. The summed E-state index contributed by atoms with van der Waals surface area (Å²) in [7, 11) is 0. The van der Waals surface area contributed by atoms with Gasteiger partial charge in [-0.05, 0) is 29.7 Å². The molecule has 0 amide bonds. The van der Waals surface area contributed by atoms with Gasteiger partial charge < -0.3 is 19.1 Å². The molecule has 4 aromatic rings. The molecule has 3 aromatic carbocycles. The molecule has 5 heteroatoms. The van der Waals surface area contributed by atoms with Crippen LogP contribution in [0.1, 0.15) is 56.6 Å². The first kappa shape index (κ1) is 25.4. The fourth-order valence-corrected chi connectivity index (χ4v) is 4.39. The fourth-order valence-electron chi connectivity index (χ4n) is 4.39. The molecule has 188 valence electrons. The Morgan fingerprint density at radius 1 is 0.722 bits per heavy atom. The molecule has 0 bridgehead atoms. The van der Waals surface area contributed by atoms with Crippen LogP contribution in [0.25, 0.3) is 10.9 Å². The van der Waals surface area contributed by atoms with E-state index in [-0.39, 0.29) is 23.7 Å². The monoisotopic (exact) mass is 485 g/mol. The Morgan fingerprint density at radius 3 is 1.94 bits per heavy atom. The van der Waals surface area contributed by atoms with E-state index in [1.165, 1.54) is 19.3 Å². The van der Waals surface area contributed by atoms with Crippen molar-refractivity contribution in [1.82, 2.24) is 4.57 Å². The van der Waals surface area contributed by atoms with Crippen LogP contribution >= 0.6 is 0 Å². The second-order valence-corrected chi connectivity index (χ2v) is 9.13. The van der Waals surface area contributed by atoms with Gasteiger partial charge in [-0.2, -0.15) is 0 Å². The van der Waals surface area contributed by atoms with Gasteiger partial charge in [0, 0.05) is 18.0 Å². The number of pyridine rings is 1. The summed E-state index contributed by atoms with van der Waals surface area (Å²) < 4.78 is 14.1. The molecule has 1 heterocycles. The Labute approximate surface area is 212 Å². The lowest BCUT2D eigenvalue weighted by Crippen LogP contribution is -2.24. The maximum absolute atomic E-state index is 13.8. The van der Waals surface area contributed by atoms with Gasteiger partial charge in [0.05, 0.1) is 5.52 Å². The summed E-state index contributed by atoms with van der Waals surface area (Å²) in [6.07, 6.45) is 6.75. The maximum Gasteiger partial charge on any atom is 0.297 e. The first-order valence-electron chi connectivity index (χ1n) is 12.9. The number of fused-ring (bicyclic) bond motifs is 1. The normalized spacial score (nSPS) is 11.0. The lowest BCUT2D eigenvalue weighted by atomic mass is 10.1. The zero-order valence-electron chi connectivity index (χ0n) is 21.0. The molecule has 5 nitrogen and oxygen atoms in total. The molecule has 1 N–H and O–H groups in total. The van der Waals surface area contributed by atoms with Gasteiger partial charge in [-0.25, -0.2) is 0 Å². The van der Waals surface area contributed by atoms with E-state index < -0.39 is 0 Å². The number of phenolic OH excluding ortho intramolecular Hbond substituents is 1. The minimum Gasteiger partial charge on any atom is -0.508 e. The first-order chi connectivity index (χ1) is 17.7. The quantitative estimate of drug-likeness (QED) is 0.203. The van der Waals surface area contributed by atoms with Crippen LogP contribution in [0.2, 0.25) is 0 Å². The third-order valence-corrected chi connectivity index (χ3v) is 6.35. The van der Waals surface area contributed by atoms with Crippen LogP contribution in [0.15, 0.2) is 83.7 Å². The molecule has 36 heavy (non-hydrogen) atoms. The van der Waals surface area contributed by atoms with Gasteiger partial charge in [0.15, 0.2) is 5.75 Å². The highest BCUT2D eigenvalue weighted by Crippen LogP contribution is 2.35. The van der Waals surface area contributed by atoms with Gasteiger partial charge in [-0.3, -0.25) is 4.79 Å². The molecule has 0 radical (unpaired) electrons. The summed E-state index contributed by atoms with van der Waals surface area (Å²) in [6.45, 7) is 3.33. The molecule has 0 fully saturated rings. The Kier molecular flexibility index (Phi) is 9.03. The first-order valence-corrected chi connectivity index (χ1v) is 12.9. The number of unbranched alkanes of at least 4 members (excludes halogenated alkanes) is 5. The molecule has 0 saturated heterocycles. The number of aryl methyl sites for hydroxylation is 1. The van der Waals surface area contributed by atoms with Crippen LogP contribution in [-0.2, 0) is 19.8 Å². The lowest BCUT2D eigenvalue weighted by molar-refractivity contribution is 0.253. The number of aromatic nitrogens is 1. The van der Waals surface area contributed by atoms with Gasteiger partial charge in [-0.1, -0.05) is 99.7 Å². The van der Waals surface area contributed by atoms with Gasteiger partial charge in [-0.15, -0.1) is 0 Å². The van der Waals surface area contributed by atoms with Crippen molar-refractivity contribution in [1.29, 1.82) is 0 Å². The standard InChI is InChI=1S/C31H35NO4/c1-2-3-4-5-6-13-20-32-28-21-26(33)18-19-27(28)29(35-22-24-14-9-7-10-15-24)30(31(32)34)36-23-25-16-11-8-12-17-25/h7-12,14-19,21,33H,2-6,13,20,22-23H2,1H3. The minimum absolute atomic E-state index is 0.116. The molecule has 0 atom stereocenters. The summed E-state index contributed by atoms with van der Waals surface area (Å²) in [5.41, 5.74) is 2.39. The zero-order chi connectivity index (χ0) is 25.2. The van der Waals surface area contributed by atoms with Gasteiger partial charge >= 0.3 is 0 Å². The number of rotatable bonds is 13. The van der Waals surface area contributed by atoms with Crippen LogP contribution in [0, 0.1) is 0 Å². The van der Waals surface area contributed by atoms with Crippen molar-refractivity contribution >= 4 is 10.9 Å². The van der Waals surface area contributed by atoms with E-state index in [9.17, 15) is 9.90 Å². The predicted octanol–water partition coefficient (Wildman–Crippen LogP) is 7.23. The van der Waals surface area contributed by atoms with E-state index >= 15 is 0 Å². The number of nitrogens with zero attached hydrogens (tertiary/aromatic N) is 1. The average molecular weight is 486 g/mol. The van der Waals surface area contributed by atoms with Crippen molar-refractivity contribution in [2.45, 2.75) is 65.2 Å². The largest absolute Gasteiger partial charge is 0.508 e. The van der Waals surface area contributed by atoms with E-state index in [1.54, 1.807) is 22.8 Å². The topological polar surface area (TPSA) is 60.7 Å².